The molecular weight excluding hydrogens is 492 g/mol. The van der Waals surface area contributed by atoms with Gasteiger partial charge in [0, 0.05) is 28.9 Å². The van der Waals surface area contributed by atoms with Crippen molar-refractivity contribution < 1.29 is 19.8 Å². The summed E-state index contributed by atoms with van der Waals surface area (Å²) >= 11 is 6.62. The Morgan fingerprint density at radius 1 is 1.18 bits per heavy atom. The number of aryl methyl sites for hydroxylation is 1. The van der Waals surface area contributed by atoms with Crippen LogP contribution in [0, 0.1) is 0 Å². The molecule has 1 heterocycles. The molecule has 0 atom stereocenters. The van der Waals surface area contributed by atoms with Crippen LogP contribution in [0.4, 0.5) is 5.69 Å². The van der Waals surface area contributed by atoms with Crippen LogP contribution < -0.4 is 10.6 Å². The minimum Gasteiger partial charge on any atom is -0.506 e. The van der Waals surface area contributed by atoms with Crippen LogP contribution >= 0.6 is 31.9 Å². The lowest BCUT2D eigenvalue weighted by molar-refractivity contribution is -0.110. The molecule has 0 aromatic heterocycles. The molecule has 2 amide bonds. The maximum absolute atomic E-state index is 12.3. The van der Waals surface area contributed by atoms with Crippen molar-refractivity contribution >= 4 is 54.9 Å². The summed E-state index contributed by atoms with van der Waals surface area (Å²) in [4.78, 5) is 24.4. The lowest BCUT2D eigenvalue weighted by Gasteiger charge is -2.06. The van der Waals surface area contributed by atoms with E-state index in [2.05, 4.69) is 42.5 Å². The zero-order valence-electron chi connectivity index (χ0n) is 14.8. The maximum Gasteiger partial charge on any atom is 0.256 e. The molecule has 8 heteroatoms. The van der Waals surface area contributed by atoms with Gasteiger partial charge in [-0.3, -0.25) is 9.59 Å². The van der Waals surface area contributed by atoms with Gasteiger partial charge in [0.25, 0.3) is 11.8 Å². The Bertz CT molecular complexity index is 950. The molecule has 3 rings (SSSR count). The Morgan fingerprint density at radius 2 is 1.89 bits per heavy atom. The van der Waals surface area contributed by atoms with Gasteiger partial charge in [0.1, 0.15) is 5.75 Å². The Labute approximate surface area is 178 Å². The number of amides is 2. The molecule has 2 aromatic rings. The zero-order valence-corrected chi connectivity index (χ0v) is 17.9. The number of allylic oxidation sites excluding steroid dienone is 1. The fourth-order valence-electron chi connectivity index (χ4n) is 2.95. The largest absolute Gasteiger partial charge is 0.506 e. The van der Waals surface area contributed by atoms with E-state index >= 15 is 0 Å². The highest BCUT2D eigenvalue weighted by Crippen LogP contribution is 2.35. The minimum atomic E-state index is -0.297. The first-order chi connectivity index (χ1) is 13.4. The Balaban J connectivity index is 1.78. The highest BCUT2D eigenvalue weighted by atomic mass is 79.9. The number of fused-ring (bicyclic) bond motifs is 1. The molecule has 28 heavy (non-hydrogen) atoms. The van der Waals surface area contributed by atoms with Crippen LogP contribution in [0.2, 0.25) is 0 Å². The zero-order chi connectivity index (χ0) is 20.3. The number of aliphatic hydroxyl groups excluding tert-OH is 1. The summed E-state index contributed by atoms with van der Waals surface area (Å²) in [5, 5.41) is 24.0. The van der Waals surface area contributed by atoms with Crippen LogP contribution in [0.1, 0.15) is 27.9 Å². The number of carbonyl (C=O) groups is 2. The molecule has 0 radical (unpaired) electrons. The number of benzene rings is 2. The predicted octanol–water partition coefficient (Wildman–Crippen LogP) is 3.61. The molecule has 146 valence electrons. The molecular formula is C20H18Br2N2O4. The third-order valence-electron chi connectivity index (χ3n) is 4.32. The van der Waals surface area contributed by atoms with Crippen molar-refractivity contribution in [3.05, 3.63) is 62.0 Å². The van der Waals surface area contributed by atoms with Crippen molar-refractivity contribution in [2.75, 3.05) is 18.5 Å². The molecule has 0 fully saturated rings. The van der Waals surface area contributed by atoms with Gasteiger partial charge in [0.2, 0.25) is 0 Å². The van der Waals surface area contributed by atoms with Crippen LogP contribution in [0.3, 0.4) is 0 Å². The maximum atomic E-state index is 12.3. The molecule has 4 N–H and O–H groups in total. The second-order valence-electron chi connectivity index (χ2n) is 6.26. The third-order valence-corrected chi connectivity index (χ3v) is 5.53. The topological polar surface area (TPSA) is 98.7 Å². The van der Waals surface area contributed by atoms with E-state index in [1.807, 2.05) is 18.2 Å². The number of phenolic OH excluding ortho intramolecular Hbond substituents is 1. The summed E-state index contributed by atoms with van der Waals surface area (Å²) in [5.74, 6) is -0.344. The summed E-state index contributed by atoms with van der Waals surface area (Å²) in [5.41, 5.74) is 3.33. The molecule has 0 saturated carbocycles. The van der Waals surface area contributed by atoms with Gasteiger partial charge in [-0.25, -0.2) is 0 Å². The van der Waals surface area contributed by atoms with Gasteiger partial charge in [-0.1, -0.05) is 6.08 Å². The average Bonchev–Trinajstić information content (AvgIpc) is 2.98. The van der Waals surface area contributed by atoms with E-state index in [4.69, 9.17) is 5.11 Å². The molecule has 2 aromatic carbocycles. The van der Waals surface area contributed by atoms with E-state index < -0.39 is 0 Å². The molecule has 0 unspecified atom stereocenters. The second-order valence-corrected chi connectivity index (χ2v) is 7.97. The molecule has 0 bridgehead atoms. The number of halogens is 2. The lowest BCUT2D eigenvalue weighted by atomic mass is 10.0. The monoisotopic (exact) mass is 508 g/mol. The number of hydrogen-bond acceptors (Lipinski definition) is 4. The second kappa shape index (κ2) is 8.89. The van der Waals surface area contributed by atoms with Gasteiger partial charge >= 0.3 is 0 Å². The van der Waals surface area contributed by atoms with Crippen molar-refractivity contribution in [3.8, 4) is 5.75 Å². The summed E-state index contributed by atoms with van der Waals surface area (Å²) in [7, 11) is 0. The quantitative estimate of drug-likeness (QED) is 0.447. The van der Waals surface area contributed by atoms with E-state index in [0.717, 1.165) is 5.56 Å². The van der Waals surface area contributed by atoms with E-state index in [9.17, 15) is 14.7 Å². The predicted molar refractivity (Wildman–Crippen MR) is 114 cm³/mol. The Morgan fingerprint density at radius 3 is 2.57 bits per heavy atom. The summed E-state index contributed by atoms with van der Waals surface area (Å²) in [6, 6.07) is 8.70. The van der Waals surface area contributed by atoms with E-state index in [-0.39, 0.29) is 30.7 Å². The average molecular weight is 510 g/mol. The SMILES string of the molecule is O=C1Nc2ccc(C(=O)NCCO)cc2/C1=C/CCc1cc(Br)c(O)c(Br)c1. The minimum absolute atomic E-state index is 0.134. The fourth-order valence-corrected chi connectivity index (χ4v) is 4.23. The summed E-state index contributed by atoms with van der Waals surface area (Å²) < 4.78 is 1.21. The number of nitrogens with one attached hydrogen (secondary N) is 2. The number of aromatic hydroxyl groups is 1. The van der Waals surface area contributed by atoms with E-state index in [1.165, 1.54) is 0 Å². The van der Waals surface area contributed by atoms with Crippen molar-refractivity contribution in [1.29, 1.82) is 0 Å². The van der Waals surface area contributed by atoms with Crippen molar-refractivity contribution in [2.24, 2.45) is 0 Å². The smallest absolute Gasteiger partial charge is 0.256 e. The van der Waals surface area contributed by atoms with Gasteiger partial charge in [-0.05, 0) is 80.6 Å². The lowest BCUT2D eigenvalue weighted by Crippen LogP contribution is -2.26. The van der Waals surface area contributed by atoms with E-state index in [1.54, 1.807) is 18.2 Å². The van der Waals surface area contributed by atoms with Crippen LogP contribution in [0.5, 0.6) is 5.75 Å². The van der Waals surface area contributed by atoms with Crippen LogP contribution in [-0.2, 0) is 11.2 Å². The first-order valence-electron chi connectivity index (χ1n) is 8.62. The van der Waals surface area contributed by atoms with Gasteiger partial charge in [-0.15, -0.1) is 0 Å². The normalized spacial score (nSPS) is 14.1. The first kappa shape index (κ1) is 20.6. The molecule has 1 aliphatic rings. The summed E-state index contributed by atoms with van der Waals surface area (Å²) in [6.45, 7) is 0.0406. The number of aliphatic hydroxyl groups is 1. The number of phenols is 1. The van der Waals surface area contributed by atoms with E-state index in [0.29, 0.717) is 44.2 Å². The Kier molecular flexibility index (Phi) is 6.53. The highest BCUT2D eigenvalue weighted by molar-refractivity contribution is 9.11. The first-order valence-corrected chi connectivity index (χ1v) is 10.2. The summed E-state index contributed by atoms with van der Waals surface area (Å²) in [6.07, 6.45) is 3.15. The van der Waals surface area contributed by atoms with Crippen LogP contribution in [0.25, 0.3) is 5.57 Å². The standard InChI is InChI=1S/C20H18Br2N2O4/c21-15-8-11(9-16(22)18(15)26)2-1-3-13-14-10-12(19(27)23-6-7-25)4-5-17(14)24-20(13)28/h3-5,8-10,25-26H,1-2,6-7H2,(H,23,27)(H,24,28)/b13-3-. The number of carbonyl (C=O) groups excluding carboxylic acids is 2. The number of rotatable bonds is 6. The molecule has 1 aliphatic heterocycles. The molecule has 0 saturated heterocycles. The van der Waals surface area contributed by atoms with Crippen molar-refractivity contribution in [1.82, 2.24) is 5.32 Å². The van der Waals surface area contributed by atoms with Gasteiger partial charge in [-0.2, -0.15) is 0 Å². The van der Waals surface area contributed by atoms with Crippen molar-refractivity contribution in [3.63, 3.8) is 0 Å². The number of hydrogen-bond donors (Lipinski definition) is 4. The fraction of sp³-hybridized carbons (Fsp3) is 0.200. The third kappa shape index (κ3) is 4.45. The van der Waals surface area contributed by atoms with Gasteiger partial charge in [0.15, 0.2) is 0 Å². The van der Waals surface area contributed by atoms with Gasteiger partial charge in [0.05, 0.1) is 15.6 Å². The molecule has 6 nitrogen and oxygen atoms in total. The number of anilines is 1. The van der Waals surface area contributed by atoms with Gasteiger partial charge < -0.3 is 20.8 Å². The van der Waals surface area contributed by atoms with Crippen LogP contribution in [0.15, 0.2) is 45.4 Å². The Hall–Kier alpha value is -2.16. The van der Waals surface area contributed by atoms with Crippen molar-refractivity contribution in [2.45, 2.75) is 12.8 Å². The molecule has 0 spiro atoms. The van der Waals surface area contributed by atoms with Crippen LogP contribution in [-0.4, -0.2) is 35.2 Å². The highest BCUT2D eigenvalue weighted by Gasteiger charge is 2.24. The molecule has 0 aliphatic carbocycles.